The molecule has 0 unspecified atom stereocenters. The van der Waals surface area contributed by atoms with Crippen molar-refractivity contribution in [1.29, 1.82) is 0 Å². The maximum atomic E-state index is 11.7. The predicted molar refractivity (Wildman–Crippen MR) is 27.1 cm³/mol. The fourth-order valence-electron chi connectivity index (χ4n) is 0.232. The minimum Gasteiger partial charge on any atom is -0.189 e. The van der Waals surface area contributed by atoms with E-state index in [0.29, 0.717) is 0 Å². The SMILES string of the molecule is O=S(=O)(OC(F)(F)C(F)(F)F)C(F)(F)F. The summed E-state index contributed by atoms with van der Waals surface area (Å²) in [5.74, 6) is 0. The zero-order chi connectivity index (χ0) is 12.7. The molecule has 12 heteroatoms. The van der Waals surface area contributed by atoms with Gasteiger partial charge in [0.1, 0.15) is 0 Å². The van der Waals surface area contributed by atoms with Gasteiger partial charge in [0.2, 0.25) is 0 Å². The number of rotatable bonds is 2. The lowest BCUT2D eigenvalue weighted by atomic mass is 10.6. The molecule has 0 aliphatic rings. The van der Waals surface area contributed by atoms with Crippen LogP contribution in [-0.2, 0) is 14.3 Å². The first-order valence-corrected chi connectivity index (χ1v) is 4.08. The second kappa shape index (κ2) is 3.43. The minimum absolute atomic E-state index is 1.74. The van der Waals surface area contributed by atoms with Crippen LogP contribution in [0.1, 0.15) is 0 Å². The Morgan fingerprint density at radius 3 is 1.33 bits per heavy atom. The van der Waals surface area contributed by atoms with Crippen LogP contribution in [-0.4, -0.2) is 26.2 Å². The van der Waals surface area contributed by atoms with Crippen molar-refractivity contribution in [1.82, 2.24) is 0 Å². The van der Waals surface area contributed by atoms with E-state index in [-0.39, 0.29) is 0 Å². The third-order valence-electron chi connectivity index (χ3n) is 0.828. The quantitative estimate of drug-likeness (QED) is 0.437. The summed E-state index contributed by atoms with van der Waals surface area (Å²) in [5.41, 5.74) is -6.36. The van der Waals surface area contributed by atoms with E-state index >= 15 is 0 Å². The van der Waals surface area contributed by atoms with E-state index in [1.807, 2.05) is 0 Å². The van der Waals surface area contributed by atoms with Gasteiger partial charge in [-0.3, -0.25) is 0 Å². The molecule has 0 bridgehead atoms. The Labute approximate surface area is 76.7 Å². The van der Waals surface area contributed by atoms with Crippen molar-refractivity contribution in [2.24, 2.45) is 0 Å². The fourth-order valence-corrected chi connectivity index (χ4v) is 0.697. The Kier molecular flexibility index (Phi) is 3.29. The monoisotopic (exact) mass is 268 g/mol. The molecule has 0 saturated carbocycles. The molecule has 0 saturated heterocycles. The lowest BCUT2D eigenvalue weighted by molar-refractivity contribution is -0.361. The highest BCUT2D eigenvalue weighted by molar-refractivity contribution is 7.87. The van der Waals surface area contributed by atoms with Crippen molar-refractivity contribution < 1.29 is 47.7 Å². The Balaban J connectivity index is 5.08. The van der Waals surface area contributed by atoms with Crippen molar-refractivity contribution in [3.8, 4) is 0 Å². The average Bonchev–Trinajstić information content (AvgIpc) is 1.77. The molecule has 0 aliphatic heterocycles. The van der Waals surface area contributed by atoms with Gasteiger partial charge in [-0.2, -0.15) is 47.7 Å². The second-order valence-corrected chi connectivity index (χ2v) is 3.54. The number of alkyl halides is 8. The first-order valence-electron chi connectivity index (χ1n) is 2.67. The normalized spacial score (nSPS) is 15.5. The Bertz CT molecular complexity index is 322. The van der Waals surface area contributed by atoms with Crippen LogP contribution < -0.4 is 0 Å². The Morgan fingerprint density at radius 1 is 0.800 bits per heavy atom. The molecule has 0 amide bonds. The van der Waals surface area contributed by atoms with E-state index in [1.54, 1.807) is 4.18 Å². The second-order valence-electron chi connectivity index (χ2n) is 2.00. The van der Waals surface area contributed by atoms with Gasteiger partial charge in [0, 0.05) is 0 Å². The van der Waals surface area contributed by atoms with Crippen LogP contribution in [0, 0.1) is 0 Å². The molecule has 0 aromatic heterocycles. The lowest BCUT2D eigenvalue weighted by Crippen LogP contribution is -2.43. The van der Waals surface area contributed by atoms with Crippen LogP contribution >= 0.6 is 0 Å². The summed E-state index contributed by atoms with van der Waals surface area (Å²) in [6, 6.07) is 0. The standard InChI is InChI=1S/C3F8O3S/c4-1(5,6)2(7,8)14-15(12,13)3(9,10)11. The highest BCUT2D eigenvalue weighted by atomic mass is 32.2. The van der Waals surface area contributed by atoms with Crippen molar-refractivity contribution in [2.75, 3.05) is 0 Å². The van der Waals surface area contributed by atoms with Gasteiger partial charge in [0.25, 0.3) is 0 Å². The smallest absolute Gasteiger partial charge is 0.189 e. The van der Waals surface area contributed by atoms with Crippen molar-refractivity contribution in [3.05, 3.63) is 0 Å². The van der Waals surface area contributed by atoms with Gasteiger partial charge >= 0.3 is 27.9 Å². The maximum Gasteiger partial charge on any atom is 0.523 e. The Hall–Kier alpha value is -0.650. The molecule has 0 N–H and O–H groups in total. The lowest BCUT2D eigenvalue weighted by Gasteiger charge is -2.19. The third kappa shape index (κ3) is 3.15. The molecule has 92 valence electrons. The van der Waals surface area contributed by atoms with E-state index in [0.717, 1.165) is 0 Å². The summed E-state index contributed by atoms with van der Waals surface area (Å²) < 4.78 is 113. The summed E-state index contributed by atoms with van der Waals surface area (Å²) in [4.78, 5) is 0. The van der Waals surface area contributed by atoms with Crippen LogP contribution in [0.25, 0.3) is 0 Å². The van der Waals surface area contributed by atoms with Gasteiger partial charge in [0.15, 0.2) is 0 Å². The molecule has 0 heterocycles. The molecule has 3 nitrogen and oxygen atoms in total. The summed E-state index contributed by atoms with van der Waals surface area (Å²) in [6.07, 6.45) is -13.0. The molecular weight excluding hydrogens is 268 g/mol. The van der Waals surface area contributed by atoms with Crippen molar-refractivity contribution >= 4 is 10.1 Å². The first kappa shape index (κ1) is 14.3. The van der Waals surface area contributed by atoms with Crippen LogP contribution in [0.3, 0.4) is 0 Å². The zero-order valence-corrected chi connectivity index (χ0v) is 6.97. The van der Waals surface area contributed by atoms with Gasteiger partial charge in [-0.15, -0.1) is 0 Å². The molecule has 0 atom stereocenters. The van der Waals surface area contributed by atoms with E-state index in [2.05, 4.69) is 0 Å². The van der Waals surface area contributed by atoms with Gasteiger partial charge in [-0.05, 0) is 0 Å². The van der Waals surface area contributed by atoms with Gasteiger partial charge in [0.05, 0.1) is 0 Å². The minimum atomic E-state index is -7.01. The Morgan fingerprint density at radius 2 is 1.13 bits per heavy atom. The summed E-state index contributed by atoms with van der Waals surface area (Å²) in [5, 5.41) is 0. The fraction of sp³-hybridized carbons (Fsp3) is 1.00. The molecule has 0 fully saturated rings. The maximum absolute atomic E-state index is 11.7. The number of hydrogen-bond acceptors (Lipinski definition) is 3. The topological polar surface area (TPSA) is 43.4 Å². The molecule has 15 heavy (non-hydrogen) atoms. The third-order valence-corrected chi connectivity index (χ3v) is 1.82. The average molecular weight is 268 g/mol. The summed E-state index contributed by atoms with van der Waals surface area (Å²) >= 11 is 0. The predicted octanol–water partition coefficient (Wildman–Crippen LogP) is 2.01. The van der Waals surface area contributed by atoms with E-state index < -0.39 is 27.9 Å². The summed E-state index contributed by atoms with van der Waals surface area (Å²) in [6.45, 7) is 0. The molecule has 0 aromatic rings. The highest BCUT2D eigenvalue weighted by Gasteiger charge is 2.65. The molecule has 0 aromatic carbocycles. The van der Waals surface area contributed by atoms with E-state index in [1.165, 1.54) is 0 Å². The van der Waals surface area contributed by atoms with Crippen LogP contribution in [0.5, 0.6) is 0 Å². The van der Waals surface area contributed by atoms with Crippen molar-refractivity contribution in [3.63, 3.8) is 0 Å². The van der Waals surface area contributed by atoms with Crippen LogP contribution in [0.2, 0.25) is 0 Å². The molecule has 0 rings (SSSR count). The highest BCUT2D eigenvalue weighted by Crippen LogP contribution is 2.40. The van der Waals surface area contributed by atoms with Gasteiger partial charge < -0.3 is 0 Å². The van der Waals surface area contributed by atoms with E-state index in [4.69, 9.17) is 0 Å². The van der Waals surface area contributed by atoms with Gasteiger partial charge in [-0.25, -0.2) is 0 Å². The van der Waals surface area contributed by atoms with Crippen molar-refractivity contribution in [2.45, 2.75) is 17.8 Å². The van der Waals surface area contributed by atoms with Crippen LogP contribution in [0.4, 0.5) is 35.1 Å². The molecule has 0 aliphatic carbocycles. The zero-order valence-electron chi connectivity index (χ0n) is 6.16. The van der Waals surface area contributed by atoms with Crippen LogP contribution in [0.15, 0.2) is 0 Å². The number of hydrogen-bond donors (Lipinski definition) is 0. The number of halogens is 8. The molecular formula is C3F8O3S. The van der Waals surface area contributed by atoms with E-state index in [9.17, 15) is 43.5 Å². The molecule has 0 radical (unpaired) electrons. The first-order chi connectivity index (χ1) is 6.21. The molecule has 0 spiro atoms. The van der Waals surface area contributed by atoms with Gasteiger partial charge in [-0.1, -0.05) is 0 Å². The summed E-state index contributed by atoms with van der Waals surface area (Å²) in [7, 11) is -7.01. The largest absolute Gasteiger partial charge is 0.523 e.